The normalized spacial score (nSPS) is 21.6. The molecule has 1 spiro atoms. The van der Waals surface area contributed by atoms with Crippen LogP contribution in [0.3, 0.4) is 0 Å². The molecule has 3 aromatic rings. The molecule has 272 valence electrons. The molecule has 2 amide bonds. The number of nitrogens with one attached hydrogen (secondary N) is 2. The smallest absolute Gasteiger partial charge is 0.274 e. The van der Waals surface area contributed by atoms with Gasteiger partial charge >= 0.3 is 0 Å². The van der Waals surface area contributed by atoms with Crippen LogP contribution in [0, 0.1) is 0 Å². The summed E-state index contributed by atoms with van der Waals surface area (Å²) in [7, 11) is 0. The zero-order valence-electron chi connectivity index (χ0n) is 30.1. The Morgan fingerprint density at radius 1 is 0.961 bits per heavy atom. The lowest BCUT2D eigenvalue weighted by atomic mass is 9.81. The Kier molecular flexibility index (Phi) is 10.9. The van der Waals surface area contributed by atoms with Gasteiger partial charge in [0.15, 0.2) is 0 Å². The molecule has 1 saturated heterocycles. The molecular weight excluding hydrogens is 640 g/mol. The summed E-state index contributed by atoms with van der Waals surface area (Å²) in [6.07, 6.45) is 14.7. The van der Waals surface area contributed by atoms with Crippen molar-refractivity contribution in [3.8, 4) is 5.75 Å². The summed E-state index contributed by atoms with van der Waals surface area (Å²) in [5.74, 6) is 0.486. The molecule has 9 heteroatoms. The van der Waals surface area contributed by atoms with Gasteiger partial charge in [0.25, 0.3) is 11.5 Å². The number of aromatic nitrogens is 1. The van der Waals surface area contributed by atoms with Crippen LogP contribution in [0.15, 0.2) is 65.6 Å². The van der Waals surface area contributed by atoms with Crippen molar-refractivity contribution in [2.45, 2.75) is 133 Å². The summed E-state index contributed by atoms with van der Waals surface area (Å²) >= 11 is 0. The van der Waals surface area contributed by atoms with E-state index in [2.05, 4.69) is 35.8 Å². The SMILES string of the molecule is CCc1ccc2c(c1)[C@@H](NC[C@@H](O)[C@H](Cc1ccccc1)NC(=O)c1cc(N3CCCC3=O)c(=O)n(C3CCCC3)c1)CC1(CCCCCC1)O2. The number of aryl methyl sites for hydroxylation is 1. The number of carbonyl (C=O) groups is 2. The van der Waals surface area contributed by atoms with Gasteiger partial charge in [-0.15, -0.1) is 0 Å². The Bertz CT molecular complexity index is 1740. The first-order valence-corrected chi connectivity index (χ1v) is 19.5. The fraction of sp³-hybridized carbons (Fsp3) is 0.548. The van der Waals surface area contributed by atoms with Crippen LogP contribution in [0.1, 0.15) is 130 Å². The number of nitrogens with zero attached hydrogens (tertiary/aromatic N) is 2. The summed E-state index contributed by atoms with van der Waals surface area (Å²) in [6.45, 7) is 2.91. The number of pyridine rings is 1. The van der Waals surface area contributed by atoms with Gasteiger partial charge < -0.3 is 29.9 Å². The lowest BCUT2D eigenvalue weighted by molar-refractivity contribution is -0.117. The van der Waals surface area contributed by atoms with E-state index in [0.29, 0.717) is 31.4 Å². The highest BCUT2D eigenvalue weighted by atomic mass is 16.5. The standard InChI is InChI=1S/C42H54N4O5/c1-2-29-18-19-38-33(23-29)35(26-42(51-38)20-10-3-4-11-21-42)43-27-37(47)34(24-30-13-6-5-7-14-30)44-40(49)31-25-36(45-22-12-17-39(45)48)41(50)46(28-31)32-15-8-9-16-32/h5-7,13-14,18-19,23,25,28,32,34-35,37,43,47H,2-4,8-12,15-17,20-22,24,26-27H2,1H3,(H,44,49)/t34-,35-,37+/m0/s1. The molecule has 0 radical (unpaired) electrons. The number of fused-ring (bicyclic) bond motifs is 1. The monoisotopic (exact) mass is 694 g/mol. The highest BCUT2D eigenvalue weighted by Crippen LogP contribution is 2.46. The van der Waals surface area contributed by atoms with E-state index in [-0.39, 0.29) is 47.3 Å². The molecule has 2 saturated carbocycles. The van der Waals surface area contributed by atoms with Crippen LogP contribution < -0.4 is 25.8 Å². The fourth-order valence-electron chi connectivity index (χ4n) is 8.87. The van der Waals surface area contributed by atoms with E-state index >= 15 is 0 Å². The van der Waals surface area contributed by atoms with Crippen molar-refractivity contribution in [2.75, 3.05) is 18.0 Å². The van der Waals surface area contributed by atoms with Gasteiger partial charge in [-0.1, -0.05) is 75.1 Å². The quantitative estimate of drug-likeness (QED) is 0.210. The van der Waals surface area contributed by atoms with Crippen molar-refractivity contribution in [1.29, 1.82) is 0 Å². The second-order valence-electron chi connectivity index (χ2n) is 15.3. The van der Waals surface area contributed by atoms with Crippen molar-refractivity contribution >= 4 is 17.5 Å². The molecule has 2 aromatic carbocycles. The largest absolute Gasteiger partial charge is 0.487 e. The van der Waals surface area contributed by atoms with E-state index in [0.717, 1.165) is 81.1 Å². The molecular formula is C42H54N4O5. The number of carbonyl (C=O) groups excluding carboxylic acids is 2. The average molecular weight is 695 g/mol. The molecule has 9 nitrogen and oxygen atoms in total. The average Bonchev–Trinajstić information content (AvgIpc) is 3.79. The molecule has 1 aromatic heterocycles. The number of aliphatic hydroxyl groups is 1. The first-order valence-electron chi connectivity index (χ1n) is 19.5. The molecule has 7 rings (SSSR count). The zero-order valence-corrected chi connectivity index (χ0v) is 30.1. The minimum atomic E-state index is -0.903. The molecule has 3 fully saturated rings. The maximum atomic E-state index is 14.2. The van der Waals surface area contributed by atoms with Crippen LogP contribution in [-0.2, 0) is 17.6 Å². The third-order valence-electron chi connectivity index (χ3n) is 11.8. The van der Waals surface area contributed by atoms with Crippen LogP contribution in [0.25, 0.3) is 0 Å². The van der Waals surface area contributed by atoms with E-state index in [4.69, 9.17) is 4.74 Å². The van der Waals surface area contributed by atoms with E-state index < -0.39 is 12.1 Å². The van der Waals surface area contributed by atoms with E-state index in [1.54, 1.807) is 21.7 Å². The maximum absolute atomic E-state index is 14.2. The van der Waals surface area contributed by atoms with Gasteiger partial charge in [-0.05, 0) is 81.0 Å². The fourth-order valence-corrected chi connectivity index (χ4v) is 8.87. The first kappa shape index (κ1) is 35.5. The van der Waals surface area contributed by atoms with Gasteiger partial charge in [-0.3, -0.25) is 14.4 Å². The third-order valence-corrected chi connectivity index (χ3v) is 11.8. The van der Waals surface area contributed by atoms with Gasteiger partial charge in [0.1, 0.15) is 17.0 Å². The number of rotatable bonds is 11. The van der Waals surface area contributed by atoms with Gasteiger partial charge in [-0.2, -0.15) is 0 Å². The van der Waals surface area contributed by atoms with Crippen LogP contribution in [0.4, 0.5) is 5.69 Å². The van der Waals surface area contributed by atoms with Crippen molar-refractivity contribution in [2.24, 2.45) is 0 Å². The van der Waals surface area contributed by atoms with Gasteiger partial charge in [0.2, 0.25) is 5.91 Å². The van der Waals surface area contributed by atoms with Crippen LogP contribution in [0.2, 0.25) is 0 Å². The number of ether oxygens (including phenoxy) is 1. The number of hydrogen-bond acceptors (Lipinski definition) is 6. The van der Waals surface area contributed by atoms with Crippen LogP contribution in [-0.4, -0.2) is 52.3 Å². The number of amides is 2. The van der Waals surface area contributed by atoms with E-state index in [1.165, 1.54) is 18.4 Å². The maximum Gasteiger partial charge on any atom is 0.274 e. The predicted octanol–water partition coefficient (Wildman–Crippen LogP) is 6.56. The Balaban J connectivity index is 1.15. The molecule has 3 N–H and O–H groups in total. The second-order valence-corrected chi connectivity index (χ2v) is 15.3. The number of aliphatic hydroxyl groups excluding tert-OH is 1. The van der Waals surface area contributed by atoms with E-state index in [9.17, 15) is 19.5 Å². The van der Waals surface area contributed by atoms with Crippen molar-refractivity contribution in [3.05, 3.63) is 93.4 Å². The minimum absolute atomic E-state index is 0.00365. The molecule has 2 aliphatic heterocycles. The molecule has 2 aliphatic carbocycles. The molecule has 3 atom stereocenters. The van der Waals surface area contributed by atoms with Gasteiger partial charge in [0.05, 0.1) is 17.7 Å². The third kappa shape index (κ3) is 7.95. The number of hydrogen-bond donors (Lipinski definition) is 3. The second kappa shape index (κ2) is 15.7. The lowest BCUT2D eigenvalue weighted by Gasteiger charge is -2.43. The Hall–Kier alpha value is -3.95. The number of anilines is 1. The van der Waals surface area contributed by atoms with Crippen molar-refractivity contribution < 1.29 is 19.4 Å². The summed E-state index contributed by atoms with van der Waals surface area (Å²) in [4.78, 5) is 42.2. The Morgan fingerprint density at radius 3 is 2.43 bits per heavy atom. The van der Waals surface area contributed by atoms with Crippen molar-refractivity contribution in [1.82, 2.24) is 15.2 Å². The Morgan fingerprint density at radius 2 is 1.73 bits per heavy atom. The summed E-state index contributed by atoms with van der Waals surface area (Å²) in [5, 5.41) is 18.8. The summed E-state index contributed by atoms with van der Waals surface area (Å²) in [5.41, 5.74) is 3.57. The van der Waals surface area contributed by atoms with E-state index in [1.807, 2.05) is 30.3 Å². The summed E-state index contributed by atoms with van der Waals surface area (Å²) in [6, 6.07) is 17.4. The molecule has 3 heterocycles. The van der Waals surface area contributed by atoms with Gasteiger partial charge in [0, 0.05) is 49.8 Å². The molecule has 51 heavy (non-hydrogen) atoms. The molecule has 0 bridgehead atoms. The first-order chi connectivity index (χ1) is 24.8. The lowest BCUT2D eigenvalue weighted by Crippen LogP contribution is -2.51. The molecule has 4 aliphatic rings. The summed E-state index contributed by atoms with van der Waals surface area (Å²) < 4.78 is 8.49. The predicted molar refractivity (Wildman–Crippen MR) is 199 cm³/mol. The zero-order chi connectivity index (χ0) is 35.4. The molecule has 0 unspecified atom stereocenters. The highest BCUT2D eigenvalue weighted by molar-refractivity contribution is 5.98. The minimum Gasteiger partial charge on any atom is -0.487 e. The highest BCUT2D eigenvalue weighted by Gasteiger charge is 2.41. The topological polar surface area (TPSA) is 113 Å². The number of benzene rings is 2. The van der Waals surface area contributed by atoms with Gasteiger partial charge in [-0.25, -0.2) is 0 Å². The Labute approximate surface area is 301 Å². The van der Waals surface area contributed by atoms with Crippen LogP contribution in [0.5, 0.6) is 5.75 Å². The van der Waals surface area contributed by atoms with Crippen LogP contribution >= 0.6 is 0 Å². The van der Waals surface area contributed by atoms with Crippen molar-refractivity contribution in [3.63, 3.8) is 0 Å².